The summed E-state index contributed by atoms with van der Waals surface area (Å²) in [4.78, 5) is 55.8. The van der Waals surface area contributed by atoms with Gasteiger partial charge >= 0.3 is 5.97 Å². The maximum atomic E-state index is 14.0. The van der Waals surface area contributed by atoms with Gasteiger partial charge in [0.25, 0.3) is 14.1 Å². The number of Topliss-reactive ketones (excluding diaryl/α,β-unsaturated/α-hetero) is 1. The number of nitrogens with one attached hydrogen (secondary N) is 3. The van der Waals surface area contributed by atoms with E-state index in [1.807, 2.05) is 111 Å². The normalized spacial score (nSPS) is 17.9. The molecule has 0 amide bonds. The number of nitriles is 1. The molecule has 3 aromatic carbocycles. The SMILES string of the molecule is CN=C(NC)Nc1nc2c(ncn2[C@@H]2O[C@H](COC(c3ccccc3)(c3ccc(OC)cc3)c3ccc(OC)cc3)[C@@H](OC(=O)CCC(C)=O)[C@H]2OP(OCCC#N)N(C(C)C)C(C)C)c(=O)[nH]1. The Labute approximate surface area is 397 Å². The maximum absolute atomic E-state index is 14.0. The molecule has 0 radical (unpaired) electrons. The van der Waals surface area contributed by atoms with Crippen LogP contribution in [0.1, 0.15) is 76.8 Å². The smallest absolute Gasteiger partial charge is 0.306 e. The number of guanidine groups is 1. The third-order valence-corrected chi connectivity index (χ3v) is 13.3. The zero-order valence-corrected chi connectivity index (χ0v) is 40.7. The number of carbonyl (C=O) groups excluding carboxylic acids is 2. The number of aromatic amines is 1. The van der Waals surface area contributed by atoms with Crippen LogP contribution in [0, 0.1) is 11.3 Å². The van der Waals surface area contributed by atoms with Crippen LogP contribution in [0.25, 0.3) is 11.2 Å². The van der Waals surface area contributed by atoms with E-state index in [0.29, 0.717) is 17.5 Å². The van der Waals surface area contributed by atoms with Crippen molar-refractivity contribution in [1.29, 1.82) is 5.26 Å². The van der Waals surface area contributed by atoms with Gasteiger partial charge in [0.05, 0.1) is 52.7 Å². The van der Waals surface area contributed by atoms with Crippen LogP contribution in [0.4, 0.5) is 5.95 Å². The number of hydrogen-bond acceptors (Lipinski definition) is 15. The minimum absolute atomic E-state index is 0.00678. The highest BCUT2D eigenvalue weighted by Crippen LogP contribution is 2.52. The molecule has 20 heteroatoms. The third-order valence-electron chi connectivity index (χ3n) is 11.1. The predicted octanol–water partition coefficient (Wildman–Crippen LogP) is 6.60. The standard InChI is InChI=1S/C48H60N9O10P/c1-30(2)57(31(3)4)68(64-27-13-26-49)67-42-41(66-39(59)25-16-32(5)58)38(65-45(42)56-29-52-40-43(56)53-47(54-44(40)60)55-46(50-6)51-7)28-63-48(33-14-11-10-12-15-33,34-17-21-36(61-8)22-18-34)35-19-23-37(62-9)24-20-35/h10-12,14-15,17-24,29-31,38,41-42,45H,13,16,25,27-28H2,1-9H3,(H3,50,51,53,54,55,60)/t38-,41-,42-,45-,68?/m1/s1. The summed E-state index contributed by atoms with van der Waals surface area (Å²) in [6, 6.07) is 26.7. The highest BCUT2D eigenvalue weighted by atomic mass is 31.2. The molecule has 1 fully saturated rings. The van der Waals surface area contributed by atoms with Crippen molar-refractivity contribution in [3.63, 3.8) is 0 Å². The van der Waals surface area contributed by atoms with Gasteiger partial charge in [0.1, 0.15) is 29.0 Å². The number of anilines is 1. The number of benzene rings is 3. The van der Waals surface area contributed by atoms with E-state index >= 15 is 0 Å². The lowest BCUT2D eigenvalue weighted by atomic mass is 9.80. The van der Waals surface area contributed by atoms with E-state index in [9.17, 15) is 19.6 Å². The van der Waals surface area contributed by atoms with Gasteiger partial charge in [0, 0.05) is 32.6 Å². The van der Waals surface area contributed by atoms with E-state index in [1.165, 1.54) is 13.3 Å². The molecule has 362 valence electrons. The molecule has 68 heavy (non-hydrogen) atoms. The second-order valence-electron chi connectivity index (χ2n) is 16.3. The first kappa shape index (κ1) is 51.1. The molecular weight excluding hydrogens is 894 g/mol. The number of hydrogen-bond donors (Lipinski definition) is 3. The first-order valence-electron chi connectivity index (χ1n) is 22.2. The number of aliphatic imine (C=N–C) groups is 1. The molecule has 19 nitrogen and oxygen atoms in total. The Morgan fingerprint density at radius 1 is 0.956 bits per heavy atom. The quantitative estimate of drug-likeness (QED) is 0.0166. The number of carbonyl (C=O) groups is 2. The van der Waals surface area contributed by atoms with Crippen LogP contribution in [-0.2, 0) is 38.4 Å². The fourth-order valence-corrected chi connectivity index (χ4v) is 9.74. The molecule has 6 rings (SSSR count). The summed E-state index contributed by atoms with van der Waals surface area (Å²) in [5.74, 6) is 0.782. The van der Waals surface area contributed by atoms with Crippen LogP contribution in [-0.4, -0.2) is 114 Å². The molecule has 1 aliphatic heterocycles. The van der Waals surface area contributed by atoms with Crippen molar-refractivity contribution >= 4 is 43.4 Å². The van der Waals surface area contributed by atoms with Crippen LogP contribution in [0.3, 0.4) is 0 Å². The molecule has 3 N–H and O–H groups in total. The number of ketones is 1. The molecule has 0 aliphatic carbocycles. The van der Waals surface area contributed by atoms with Crippen molar-refractivity contribution in [2.24, 2.45) is 4.99 Å². The van der Waals surface area contributed by atoms with E-state index in [-0.39, 0.29) is 67.5 Å². The summed E-state index contributed by atoms with van der Waals surface area (Å²) >= 11 is 0. The van der Waals surface area contributed by atoms with Crippen LogP contribution >= 0.6 is 8.53 Å². The summed E-state index contributed by atoms with van der Waals surface area (Å²) in [6.07, 6.45) is -3.48. The van der Waals surface area contributed by atoms with E-state index in [1.54, 1.807) is 32.9 Å². The Hall–Kier alpha value is -6.26. The number of imidazole rings is 1. The van der Waals surface area contributed by atoms with E-state index in [4.69, 9.17) is 37.7 Å². The molecule has 5 atom stereocenters. The number of fused-ring (bicyclic) bond motifs is 1. The Balaban J connectivity index is 1.56. The lowest BCUT2D eigenvalue weighted by Crippen LogP contribution is -2.43. The lowest BCUT2D eigenvalue weighted by molar-refractivity contribution is -0.159. The Bertz CT molecular complexity index is 2530. The third kappa shape index (κ3) is 11.7. The van der Waals surface area contributed by atoms with Gasteiger partial charge in [-0.1, -0.05) is 54.6 Å². The lowest BCUT2D eigenvalue weighted by Gasteiger charge is -2.38. The van der Waals surface area contributed by atoms with Crippen molar-refractivity contribution in [3.8, 4) is 17.6 Å². The van der Waals surface area contributed by atoms with E-state index in [0.717, 1.165) is 16.7 Å². The Kier molecular flexibility index (Phi) is 17.8. The van der Waals surface area contributed by atoms with Crippen LogP contribution in [0.2, 0.25) is 0 Å². The number of ether oxygens (including phenoxy) is 5. The molecule has 1 aliphatic rings. The van der Waals surface area contributed by atoms with Crippen molar-refractivity contribution in [1.82, 2.24) is 29.5 Å². The average Bonchev–Trinajstić information content (AvgIpc) is 3.91. The van der Waals surface area contributed by atoms with Gasteiger partial charge in [-0.15, -0.1) is 0 Å². The number of nitrogens with zero attached hydrogens (tertiary/aromatic N) is 6. The average molecular weight is 954 g/mol. The van der Waals surface area contributed by atoms with Gasteiger partial charge in [0.2, 0.25) is 5.95 Å². The van der Waals surface area contributed by atoms with Crippen molar-refractivity contribution in [2.45, 2.75) is 96.1 Å². The van der Waals surface area contributed by atoms with Gasteiger partial charge in [-0.25, -0.2) is 9.65 Å². The topological polar surface area (TPSA) is 226 Å². The first-order valence-corrected chi connectivity index (χ1v) is 23.4. The van der Waals surface area contributed by atoms with E-state index < -0.39 is 50.2 Å². The van der Waals surface area contributed by atoms with Crippen LogP contribution in [0.5, 0.6) is 11.5 Å². The Morgan fingerprint density at radius 3 is 2.12 bits per heavy atom. The number of esters is 1. The van der Waals surface area contributed by atoms with Crippen molar-refractivity contribution in [3.05, 3.63) is 112 Å². The second kappa shape index (κ2) is 23.6. The summed E-state index contributed by atoms with van der Waals surface area (Å²) in [6.45, 7) is 9.23. The fraction of sp³-hybridized carbons (Fsp3) is 0.438. The Morgan fingerprint density at radius 2 is 1.57 bits per heavy atom. The minimum atomic E-state index is -2.01. The highest BCUT2D eigenvalue weighted by molar-refractivity contribution is 7.44. The largest absolute Gasteiger partial charge is 0.497 e. The van der Waals surface area contributed by atoms with E-state index in [2.05, 4.69) is 31.7 Å². The zero-order valence-electron chi connectivity index (χ0n) is 39.8. The molecule has 1 saturated heterocycles. The van der Waals surface area contributed by atoms with Crippen molar-refractivity contribution < 1.29 is 42.3 Å². The number of rotatable bonds is 22. The summed E-state index contributed by atoms with van der Waals surface area (Å²) in [5, 5.41) is 15.4. The monoisotopic (exact) mass is 953 g/mol. The fourth-order valence-electron chi connectivity index (χ4n) is 8.00. The minimum Gasteiger partial charge on any atom is -0.497 e. The molecule has 2 aromatic heterocycles. The maximum Gasteiger partial charge on any atom is 0.306 e. The number of methoxy groups -OCH3 is 2. The molecule has 0 spiro atoms. The predicted molar refractivity (Wildman–Crippen MR) is 256 cm³/mol. The van der Waals surface area contributed by atoms with Gasteiger partial charge in [0.15, 0.2) is 35.6 Å². The first-order chi connectivity index (χ1) is 32.8. The molecule has 0 saturated carbocycles. The molecule has 5 aromatic rings. The number of H-pyrrole nitrogens is 1. The van der Waals surface area contributed by atoms with Crippen LogP contribution < -0.4 is 25.7 Å². The van der Waals surface area contributed by atoms with Gasteiger partial charge in [-0.3, -0.25) is 29.4 Å². The van der Waals surface area contributed by atoms with Gasteiger partial charge in [-0.2, -0.15) is 10.2 Å². The summed E-state index contributed by atoms with van der Waals surface area (Å²) < 4.78 is 49.0. The molecular formula is C48H60N9O10P. The van der Waals surface area contributed by atoms with Gasteiger partial charge < -0.3 is 42.8 Å². The van der Waals surface area contributed by atoms with Crippen LogP contribution in [0.15, 0.2) is 95.0 Å². The highest BCUT2D eigenvalue weighted by Gasteiger charge is 2.53. The number of aromatic nitrogens is 4. The molecule has 1 unspecified atom stereocenters. The zero-order chi connectivity index (χ0) is 49.0. The van der Waals surface area contributed by atoms with Crippen molar-refractivity contribution in [2.75, 3.05) is 46.8 Å². The molecule has 0 bridgehead atoms. The second-order valence-corrected chi connectivity index (χ2v) is 17.7. The van der Waals surface area contributed by atoms with Gasteiger partial charge in [-0.05, 0) is 75.6 Å². The summed E-state index contributed by atoms with van der Waals surface area (Å²) in [5.41, 5.74) is 0.491. The molecule has 3 heterocycles. The summed E-state index contributed by atoms with van der Waals surface area (Å²) in [7, 11) is 4.41.